The molecule has 0 aromatic carbocycles. The second-order valence-electron chi connectivity index (χ2n) is 2.75. The number of hydrogen-bond acceptors (Lipinski definition) is 4. The number of methoxy groups -OCH3 is 1. The molecule has 1 saturated heterocycles. The minimum absolute atomic E-state index is 0.0240. The summed E-state index contributed by atoms with van der Waals surface area (Å²) in [6, 6.07) is -0.269. The minimum Gasteiger partial charge on any atom is -0.465 e. The predicted octanol–water partition coefficient (Wildman–Crippen LogP) is -0.0736. The fourth-order valence-corrected chi connectivity index (χ4v) is 1.40. The maximum atomic E-state index is 11.2. The molecule has 12 heavy (non-hydrogen) atoms. The third kappa shape index (κ3) is 1.95. The lowest BCUT2D eigenvalue weighted by Crippen LogP contribution is -2.40. The van der Waals surface area contributed by atoms with Gasteiger partial charge in [-0.05, 0) is 19.9 Å². The number of esters is 1. The van der Waals surface area contributed by atoms with E-state index in [4.69, 9.17) is 9.47 Å². The SMILES string of the molecule is CCOC(=O)C1NCCC1OC. The molecule has 2 atom stereocenters. The lowest BCUT2D eigenvalue weighted by Gasteiger charge is -2.15. The highest BCUT2D eigenvalue weighted by atomic mass is 16.5. The smallest absolute Gasteiger partial charge is 0.325 e. The van der Waals surface area contributed by atoms with Gasteiger partial charge in [-0.3, -0.25) is 4.79 Å². The molecule has 1 aliphatic heterocycles. The Morgan fingerprint density at radius 3 is 3.00 bits per heavy atom. The van der Waals surface area contributed by atoms with E-state index in [0.717, 1.165) is 13.0 Å². The number of nitrogens with one attached hydrogen (secondary N) is 1. The Hall–Kier alpha value is -0.610. The largest absolute Gasteiger partial charge is 0.465 e. The highest BCUT2D eigenvalue weighted by molar-refractivity contribution is 5.77. The van der Waals surface area contributed by atoms with Crippen LogP contribution in [0.15, 0.2) is 0 Å². The first-order valence-electron chi connectivity index (χ1n) is 4.22. The van der Waals surface area contributed by atoms with Crippen molar-refractivity contribution in [2.45, 2.75) is 25.5 Å². The van der Waals surface area contributed by atoms with E-state index in [1.807, 2.05) is 0 Å². The lowest BCUT2D eigenvalue weighted by molar-refractivity contribution is -0.148. The molecule has 0 saturated carbocycles. The predicted molar refractivity (Wildman–Crippen MR) is 43.8 cm³/mol. The normalized spacial score (nSPS) is 28.8. The van der Waals surface area contributed by atoms with Gasteiger partial charge in [0.1, 0.15) is 6.04 Å². The Labute approximate surface area is 72.2 Å². The zero-order valence-corrected chi connectivity index (χ0v) is 7.50. The highest BCUT2D eigenvalue weighted by Crippen LogP contribution is 2.11. The molecule has 0 spiro atoms. The molecule has 1 aliphatic rings. The lowest BCUT2D eigenvalue weighted by atomic mass is 10.2. The highest BCUT2D eigenvalue weighted by Gasteiger charge is 2.33. The third-order valence-electron chi connectivity index (χ3n) is 2.01. The van der Waals surface area contributed by atoms with Crippen LogP contribution in [0.4, 0.5) is 0 Å². The number of carbonyl (C=O) groups excluding carboxylic acids is 1. The molecule has 0 aromatic heterocycles. The van der Waals surface area contributed by atoms with Crippen molar-refractivity contribution in [1.29, 1.82) is 0 Å². The van der Waals surface area contributed by atoms with Crippen LogP contribution >= 0.6 is 0 Å². The molecule has 0 radical (unpaired) electrons. The Kier molecular flexibility index (Phi) is 3.49. The Morgan fingerprint density at radius 1 is 1.67 bits per heavy atom. The quantitative estimate of drug-likeness (QED) is 0.607. The van der Waals surface area contributed by atoms with E-state index in [2.05, 4.69) is 5.32 Å². The first kappa shape index (κ1) is 9.48. The van der Waals surface area contributed by atoms with Crippen molar-refractivity contribution in [3.8, 4) is 0 Å². The maximum Gasteiger partial charge on any atom is 0.325 e. The first-order valence-corrected chi connectivity index (χ1v) is 4.22. The molecule has 0 bridgehead atoms. The number of carbonyl (C=O) groups is 1. The fraction of sp³-hybridized carbons (Fsp3) is 0.875. The monoisotopic (exact) mass is 173 g/mol. The molecule has 0 aliphatic carbocycles. The third-order valence-corrected chi connectivity index (χ3v) is 2.01. The first-order chi connectivity index (χ1) is 5.79. The van der Waals surface area contributed by atoms with E-state index in [0.29, 0.717) is 6.61 Å². The van der Waals surface area contributed by atoms with Crippen LogP contribution < -0.4 is 5.32 Å². The van der Waals surface area contributed by atoms with Gasteiger partial charge in [0.05, 0.1) is 12.7 Å². The summed E-state index contributed by atoms with van der Waals surface area (Å²) in [4.78, 5) is 11.2. The molecular formula is C8H15NO3. The number of rotatable bonds is 3. The zero-order valence-electron chi connectivity index (χ0n) is 7.50. The molecule has 1 N–H and O–H groups in total. The summed E-state index contributed by atoms with van der Waals surface area (Å²) in [6.45, 7) is 3.05. The molecule has 70 valence electrons. The second kappa shape index (κ2) is 4.42. The van der Waals surface area contributed by atoms with Gasteiger partial charge in [-0.1, -0.05) is 0 Å². The molecule has 1 heterocycles. The number of ether oxygens (including phenoxy) is 2. The average molecular weight is 173 g/mol. The summed E-state index contributed by atoms with van der Waals surface area (Å²) in [5, 5.41) is 3.04. The van der Waals surface area contributed by atoms with Gasteiger partial charge >= 0.3 is 5.97 Å². The molecule has 0 aromatic rings. The summed E-state index contributed by atoms with van der Waals surface area (Å²) < 4.78 is 10.0. The van der Waals surface area contributed by atoms with Crippen LogP contribution in [0.2, 0.25) is 0 Å². The van der Waals surface area contributed by atoms with Crippen LogP contribution in [-0.2, 0) is 14.3 Å². The van der Waals surface area contributed by atoms with Crippen molar-refractivity contribution in [1.82, 2.24) is 5.32 Å². The Morgan fingerprint density at radius 2 is 2.42 bits per heavy atom. The Balaban J connectivity index is 2.43. The summed E-state index contributed by atoms with van der Waals surface area (Å²) in [5.41, 5.74) is 0. The van der Waals surface area contributed by atoms with Crippen LogP contribution in [0.1, 0.15) is 13.3 Å². The van der Waals surface area contributed by atoms with Gasteiger partial charge < -0.3 is 14.8 Å². The van der Waals surface area contributed by atoms with Crippen LogP contribution in [-0.4, -0.2) is 38.4 Å². The van der Waals surface area contributed by atoms with Crippen molar-refractivity contribution in [3.05, 3.63) is 0 Å². The van der Waals surface area contributed by atoms with Gasteiger partial charge in [0.2, 0.25) is 0 Å². The number of hydrogen-bond donors (Lipinski definition) is 1. The molecule has 1 fully saturated rings. The van der Waals surface area contributed by atoms with Gasteiger partial charge in [-0.15, -0.1) is 0 Å². The molecule has 4 heteroatoms. The van der Waals surface area contributed by atoms with E-state index in [-0.39, 0.29) is 18.1 Å². The zero-order chi connectivity index (χ0) is 8.97. The van der Waals surface area contributed by atoms with Gasteiger partial charge in [-0.25, -0.2) is 0 Å². The topological polar surface area (TPSA) is 47.6 Å². The van der Waals surface area contributed by atoms with E-state index < -0.39 is 0 Å². The van der Waals surface area contributed by atoms with Crippen molar-refractivity contribution in [2.75, 3.05) is 20.3 Å². The van der Waals surface area contributed by atoms with Crippen LogP contribution in [0, 0.1) is 0 Å². The van der Waals surface area contributed by atoms with E-state index >= 15 is 0 Å². The van der Waals surface area contributed by atoms with E-state index in [9.17, 15) is 4.79 Å². The fourth-order valence-electron chi connectivity index (χ4n) is 1.40. The molecule has 2 unspecified atom stereocenters. The van der Waals surface area contributed by atoms with Crippen molar-refractivity contribution >= 4 is 5.97 Å². The molecule has 1 rings (SSSR count). The van der Waals surface area contributed by atoms with Crippen molar-refractivity contribution in [2.24, 2.45) is 0 Å². The Bertz CT molecular complexity index is 160. The standard InChI is InChI=1S/C8H15NO3/c1-3-12-8(10)7-6(11-2)4-5-9-7/h6-7,9H,3-5H2,1-2H3. The summed E-state index contributed by atoms with van der Waals surface area (Å²) in [7, 11) is 1.61. The van der Waals surface area contributed by atoms with Gasteiger partial charge in [0.15, 0.2) is 0 Å². The van der Waals surface area contributed by atoms with Gasteiger partial charge in [-0.2, -0.15) is 0 Å². The van der Waals surface area contributed by atoms with Crippen molar-refractivity contribution < 1.29 is 14.3 Å². The van der Waals surface area contributed by atoms with Crippen LogP contribution in [0.3, 0.4) is 0 Å². The minimum atomic E-state index is -0.269. The van der Waals surface area contributed by atoms with E-state index in [1.165, 1.54) is 0 Å². The summed E-state index contributed by atoms with van der Waals surface area (Å²) in [6.07, 6.45) is 0.851. The van der Waals surface area contributed by atoms with Crippen LogP contribution in [0.5, 0.6) is 0 Å². The van der Waals surface area contributed by atoms with E-state index in [1.54, 1.807) is 14.0 Å². The second-order valence-corrected chi connectivity index (χ2v) is 2.75. The van der Waals surface area contributed by atoms with Gasteiger partial charge in [0, 0.05) is 7.11 Å². The average Bonchev–Trinajstić information content (AvgIpc) is 2.51. The van der Waals surface area contributed by atoms with Gasteiger partial charge in [0.25, 0.3) is 0 Å². The molecular weight excluding hydrogens is 158 g/mol. The summed E-state index contributed by atoms with van der Waals surface area (Å²) in [5.74, 6) is -0.207. The van der Waals surface area contributed by atoms with Crippen molar-refractivity contribution in [3.63, 3.8) is 0 Å². The molecule has 4 nitrogen and oxygen atoms in total. The van der Waals surface area contributed by atoms with Crippen LogP contribution in [0.25, 0.3) is 0 Å². The summed E-state index contributed by atoms with van der Waals surface area (Å²) >= 11 is 0. The molecule has 0 amide bonds. The maximum absolute atomic E-state index is 11.2.